The van der Waals surface area contributed by atoms with Crippen molar-refractivity contribution in [3.8, 4) is 0 Å². The largest absolute Gasteiger partial charge is 0.491 e. The molecule has 5 heteroatoms. The van der Waals surface area contributed by atoms with Crippen LogP contribution < -0.4 is 0 Å². The molecule has 0 aromatic heterocycles. The molecule has 0 heterocycles. The van der Waals surface area contributed by atoms with E-state index in [4.69, 9.17) is 14.9 Å². The van der Waals surface area contributed by atoms with Crippen molar-refractivity contribution < 1.29 is 19.4 Å². The van der Waals surface area contributed by atoms with E-state index in [1.165, 1.54) is 25.7 Å². The fraction of sp³-hybridized carbons (Fsp3) is 0.765. The first kappa shape index (κ1) is 28.6. The summed E-state index contributed by atoms with van der Waals surface area (Å²) in [7, 11) is 0. The van der Waals surface area contributed by atoms with Gasteiger partial charge in [0.2, 0.25) is 0 Å². The first-order valence-electron chi connectivity index (χ1n) is 15.5. The quantitative estimate of drug-likeness (QED) is 0.175. The van der Waals surface area contributed by atoms with E-state index in [-0.39, 0.29) is 48.0 Å². The molecule has 216 valence electrons. The number of nitrogens with one attached hydrogen (secondary N) is 1. The van der Waals surface area contributed by atoms with Crippen molar-refractivity contribution in [1.29, 1.82) is 5.41 Å². The number of ether oxygens (including phenoxy) is 2. The molecule has 0 aliphatic heterocycles. The van der Waals surface area contributed by atoms with Crippen LogP contribution in [0.3, 0.4) is 0 Å². The van der Waals surface area contributed by atoms with Crippen molar-refractivity contribution in [3.05, 3.63) is 36.6 Å². The predicted octanol–water partition coefficient (Wildman–Crippen LogP) is 7.26. The highest BCUT2D eigenvalue weighted by molar-refractivity contribution is 5.93. The Morgan fingerprint density at radius 1 is 1.23 bits per heavy atom. The molecule has 11 atom stereocenters. The zero-order valence-corrected chi connectivity index (χ0v) is 24.9. The lowest BCUT2D eigenvalue weighted by atomic mass is 9.49. The molecular weight excluding hydrogens is 486 g/mol. The lowest BCUT2D eigenvalue weighted by Gasteiger charge is -2.55. The number of carbonyl (C=O) groups excluding carboxylic acids is 1. The summed E-state index contributed by atoms with van der Waals surface area (Å²) < 4.78 is 12.7. The van der Waals surface area contributed by atoms with Gasteiger partial charge in [0.05, 0.1) is 5.76 Å². The summed E-state index contributed by atoms with van der Waals surface area (Å²) >= 11 is 0. The molecule has 5 rings (SSSR count). The second-order valence-corrected chi connectivity index (χ2v) is 14.1. The van der Waals surface area contributed by atoms with E-state index in [9.17, 15) is 9.90 Å². The SMILES string of the molecule is C=C(C)OC(C(=C)C(CC)CCO)C(C)C1C(OC(C)=O)CC2C3CCC4CC(=N)C=CC45CC35CCC21C. The Balaban J connectivity index is 1.49. The molecule has 0 saturated heterocycles. The van der Waals surface area contributed by atoms with Crippen LogP contribution in [0.1, 0.15) is 92.4 Å². The molecule has 0 aromatic carbocycles. The fourth-order valence-electron chi connectivity index (χ4n) is 10.8. The molecule has 11 unspecified atom stereocenters. The van der Waals surface area contributed by atoms with Gasteiger partial charge in [0, 0.05) is 31.1 Å². The molecule has 2 spiro atoms. The summed E-state index contributed by atoms with van der Waals surface area (Å²) in [6, 6.07) is 0. The molecule has 5 aliphatic rings. The zero-order chi connectivity index (χ0) is 28.3. The highest BCUT2D eigenvalue weighted by Crippen LogP contribution is 2.84. The number of hydrogen-bond acceptors (Lipinski definition) is 5. The van der Waals surface area contributed by atoms with Crippen LogP contribution in [0.25, 0.3) is 0 Å². The van der Waals surface area contributed by atoms with Crippen LogP contribution in [0.15, 0.2) is 36.6 Å². The van der Waals surface area contributed by atoms with E-state index in [1.807, 2.05) is 6.92 Å². The number of rotatable bonds is 10. The van der Waals surface area contributed by atoms with Gasteiger partial charge in [-0.1, -0.05) is 40.0 Å². The highest BCUT2D eigenvalue weighted by Gasteiger charge is 2.78. The Morgan fingerprint density at radius 2 is 1.97 bits per heavy atom. The van der Waals surface area contributed by atoms with Crippen LogP contribution >= 0.6 is 0 Å². The number of fused-ring (bicyclic) bond motifs is 2. The van der Waals surface area contributed by atoms with Gasteiger partial charge in [-0.05, 0) is 116 Å². The molecule has 39 heavy (non-hydrogen) atoms. The number of hydrogen-bond donors (Lipinski definition) is 2. The average molecular weight is 538 g/mol. The number of aliphatic hydroxyl groups is 1. The van der Waals surface area contributed by atoms with Gasteiger partial charge in [0.25, 0.3) is 0 Å². The van der Waals surface area contributed by atoms with Crippen LogP contribution in [0, 0.1) is 57.2 Å². The Hall–Kier alpha value is -1.88. The van der Waals surface area contributed by atoms with Crippen molar-refractivity contribution in [2.75, 3.05) is 6.61 Å². The second-order valence-electron chi connectivity index (χ2n) is 14.1. The topological polar surface area (TPSA) is 79.6 Å². The van der Waals surface area contributed by atoms with E-state index in [0.717, 1.165) is 37.0 Å². The maximum absolute atomic E-state index is 12.4. The lowest BCUT2D eigenvalue weighted by molar-refractivity contribution is -0.152. The summed E-state index contributed by atoms with van der Waals surface area (Å²) in [5, 5.41) is 18.0. The Kier molecular flexibility index (Phi) is 7.48. The monoisotopic (exact) mass is 537 g/mol. The number of carbonyl (C=O) groups is 1. The van der Waals surface area contributed by atoms with Crippen LogP contribution in [0.4, 0.5) is 0 Å². The van der Waals surface area contributed by atoms with Crippen LogP contribution in [-0.4, -0.2) is 35.6 Å². The van der Waals surface area contributed by atoms with E-state index < -0.39 is 0 Å². The number of aliphatic hydroxyl groups excluding tert-OH is 1. The summed E-state index contributed by atoms with van der Waals surface area (Å²) in [5.41, 5.74) is 2.53. The third-order valence-electron chi connectivity index (χ3n) is 12.4. The van der Waals surface area contributed by atoms with Crippen LogP contribution in [0.2, 0.25) is 0 Å². The van der Waals surface area contributed by atoms with Crippen molar-refractivity contribution in [2.45, 2.75) is 105 Å². The summed E-state index contributed by atoms with van der Waals surface area (Å²) in [5.74, 6) is 2.69. The molecule has 4 fully saturated rings. The van der Waals surface area contributed by atoms with E-state index in [2.05, 4.69) is 46.1 Å². The van der Waals surface area contributed by atoms with Crippen LogP contribution in [-0.2, 0) is 14.3 Å². The maximum atomic E-state index is 12.4. The highest BCUT2D eigenvalue weighted by atomic mass is 16.5. The van der Waals surface area contributed by atoms with Crippen LogP contribution in [0.5, 0.6) is 0 Å². The van der Waals surface area contributed by atoms with Crippen molar-refractivity contribution >= 4 is 11.7 Å². The lowest BCUT2D eigenvalue weighted by Crippen LogP contribution is -2.50. The number of allylic oxidation sites excluding steroid dienone is 3. The van der Waals surface area contributed by atoms with Gasteiger partial charge in [-0.15, -0.1) is 0 Å². The molecule has 0 bridgehead atoms. The first-order valence-corrected chi connectivity index (χ1v) is 15.5. The maximum Gasteiger partial charge on any atom is 0.302 e. The molecule has 0 radical (unpaired) electrons. The molecule has 4 saturated carbocycles. The molecular formula is C34H51NO4. The third kappa shape index (κ3) is 4.37. The second kappa shape index (κ2) is 10.2. The van der Waals surface area contributed by atoms with Gasteiger partial charge >= 0.3 is 5.97 Å². The molecule has 5 nitrogen and oxygen atoms in total. The fourth-order valence-corrected chi connectivity index (χ4v) is 10.8. The zero-order valence-electron chi connectivity index (χ0n) is 24.9. The average Bonchev–Trinajstić information content (AvgIpc) is 3.45. The minimum Gasteiger partial charge on any atom is -0.491 e. The van der Waals surface area contributed by atoms with Gasteiger partial charge in [0.1, 0.15) is 12.2 Å². The summed E-state index contributed by atoms with van der Waals surface area (Å²) in [4.78, 5) is 12.4. The normalized spacial score (nSPS) is 42.2. The molecule has 2 N–H and O–H groups in total. The third-order valence-corrected chi connectivity index (χ3v) is 12.4. The van der Waals surface area contributed by atoms with E-state index >= 15 is 0 Å². The van der Waals surface area contributed by atoms with Crippen molar-refractivity contribution in [2.24, 2.45) is 51.8 Å². The smallest absolute Gasteiger partial charge is 0.302 e. The Morgan fingerprint density at radius 3 is 2.62 bits per heavy atom. The predicted molar refractivity (Wildman–Crippen MR) is 155 cm³/mol. The minimum absolute atomic E-state index is 0.0484. The minimum atomic E-state index is -0.233. The summed E-state index contributed by atoms with van der Waals surface area (Å²) in [6.45, 7) is 19.1. The van der Waals surface area contributed by atoms with Gasteiger partial charge in [-0.2, -0.15) is 0 Å². The van der Waals surface area contributed by atoms with Gasteiger partial charge < -0.3 is 20.0 Å². The standard InChI is InChI=1S/C34H51NO4/c1-8-24(12-16-36)21(4)31(38-20(2)3)22(5)30-29(39-23(6)37)18-28-27-10-9-25-17-26(35)11-13-33(25)19-34(27,33)15-14-32(28,30)7/h11,13,22,24-25,27-31,35-36H,2,4,8-10,12,14-19H2,1,3,5-7H3. The van der Waals surface area contributed by atoms with Crippen molar-refractivity contribution in [1.82, 2.24) is 0 Å². The van der Waals surface area contributed by atoms with Crippen molar-refractivity contribution in [3.63, 3.8) is 0 Å². The Bertz CT molecular complexity index is 1060. The summed E-state index contributed by atoms with van der Waals surface area (Å²) in [6.07, 6.45) is 13.7. The molecule has 5 aliphatic carbocycles. The van der Waals surface area contributed by atoms with Gasteiger partial charge in [-0.25, -0.2) is 0 Å². The van der Waals surface area contributed by atoms with Gasteiger partial charge in [-0.3, -0.25) is 4.79 Å². The molecule has 0 amide bonds. The molecule has 0 aromatic rings. The first-order chi connectivity index (χ1) is 18.4. The van der Waals surface area contributed by atoms with Gasteiger partial charge in [0.15, 0.2) is 0 Å². The van der Waals surface area contributed by atoms with E-state index in [0.29, 0.717) is 40.8 Å². The van der Waals surface area contributed by atoms with E-state index in [1.54, 1.807) is 6.92 Å². The number of esters is 1. The Labute approximate surface area is 236 Å².